The first-order valence-electron chi connectivity index (χ1n) is 6.03. The van der Waals surface area contributed by atoms with E-state index >= 15 is 0 Å². The normalized spacial score (nSPS) is 17.6. The third-order valence-corrected chi connectivity index (χ3v) is 5.59. The van der Waals surface area contributed by atoms with E-state index in [9.17, 15) is 13.2 Å². The van der Waals surface area contributed by atoms with Gasteiger partial charge in [-0.25, -0.2) is 8.42 Å². The van der Waals surface area contributed by atoms with Crippen LogP contribution in [0.1, 0.15) is 5.56 Å². The van der Waals surface area contributed by atoms with E-state index < -0.39 is 10.0 Å². The summed E-state index contributed by atoms with van der Waals surface area (Å²) in [6, 6.07) is 2.87. The van der Waals surface area contributed by atoms with Crippen LogP contribution in [-0.4, -0.2) is 50.2 Å². The Morgan fingerprint density at radius 3 is 2.55 bits per heavy atom. The highest BCUT2D eigenvalue weighted by Crippen LogP contribution is 2.28. The lowest BCUT2D eigenvalue weighted by atomic mass is 10.2. The zero-order chi connectivity index (χ0) is 15.1. The van der Waals surface area contributed by atoms with Gasteiger partial charge in [0.1, 0.15) is 0 Å². The Bertz CT molecular complexity index is 660. The number of nitrogens with zero attached hydrogens (tertiary/aromatic N) is 2. The van der Waals surface area contributed by atoms with Crippen molar-refractivity contribution in [3.05, 3.63) is 22.7 Å². The first-order valence-corrected chi connectivity index (χ1v) is 7.85. The fourth-order valence-electron chi connectivity index (χ4n) is 2.02. The number of rotatable bonds is 2. The molecule has 0 bridgehead atoms. The van der Waals surface area contributed by atoms with E-state index in [0.29, 0.717) is 17.8 Å². The van der Waals surface area contributed by atoms with Gasteiger partial charge in [-0.1, -0.05) is 11.6 Å². The average molecular weight is 318 g/mol. The van der Waals surface area contributed by atoms with E-state index in [-0.39, 0.29) is 28.9 Å². The third-order valence-electron chi connectivity index (χ3n) is 3.40. The maximum absolute atomic E-state index is 12.6. The predicted octanol–water partition coefficient (Wildman–Crippen LogP) is 0.693. The molecule has 0 spiro atoms. The Kier molecular flexibility index (Phi) is 3.95. The van der Waals surface area contributed by atoms with E-state index in [4.69, 9.17) is 17.3 Å². The molecule has 1 saturated heterocycles. The topological polar surface area (TPSA) is 83.7 Å². The first-order chi connectivity index (χ1) is 9.23. The molecule has 0 atom stereocenters. The van der Waals surface area contributed by atoms with Crippen LogP contribution in [0.4, 0.5) is 5.69 Å². The van der Waals surface area contributed by atoms with Gasteiger partial charge in [0.25, 0.3) is 0 Å². The summed E-state index contributed by atoms with van der Waals surface area (Å²) in [5.74, 6) is -0.229. The number of sulfonamides is 1. The molecule has 1 aliphatic rings. The quantitative estimate of drug-likeness (QED) is 0.814. The van der Waals surface area contributed by atoms with Gasteiger partial charge in [0.2, 0.25) is 15.9 Å². The molecule has 8 heteroatoms. The van der Waals surface area contributed by atoms with E-state index in [1.807, 2.05) is 0 Å². The Hall–Kier alpha value is -1.31. The molecule has 1 aliphatic heterocycles. The minimum atomic E-state index is -3.77. The van der Waals surface area contributed by atoms with Gasteiger partial charge in [-0.2, -0.15) is 4.31 Å². The molecule has 0 aromatic heterocycles. The molecular weight excluding hydrogens is 302 g/mol. The average Bonchev–Trinajstić information content (AvgIpc) is 2.36. The molecule has 1 aromatic carbocycles. The summed E-state index contributed by atoms with van der Waals surface area (Å²) in [6.07, 6.45) is 0. The molecule has 20 heavy (non-hydrogen) atoms. The van der Waals surface area contributed by atoms with E-state index in [1.54, 1.807) is 14.0 Å². The van der Waals surface area contributed by atoms with Gasteiger partial charge in [-0.15, -0.1) is 0 Å². The number of piperazine rings is 1. The van der Waals surface area contributed by atoms with Gasteiger partial charge < -0.3 is 10.6 Å². The standard InChI is InChI=1S/C12H16ClN3O3S/c1-8-10(14)5-9(13)6-11(8)20(18,19)16-4-3-15(2)12(17)7-16/h5-6H,3-4,7,14H2,1-2H3. The maximum Gasteiger partial charge on any atom is 0.243 e. The van der Waals surface area contributed by atoms with Crippen molar-refractivity contribution in [1.29, 1.82) is 0 Å². The van der Waals surface area contributed by atoms with Crippen molar-refractivity contribution in [2.24, 2.45) is 0 Å². The predicted molar refractivity (Wildman–Crippen MR) is 77.0 cm³/mol. The zero-order valence-corrected chi connectivity index (χ0v) is 12.8. The molecule has 0 saturated carbocycles. The van der Waals surface area contributed by atoms with Crippen molar-refractivity contribution in [2.45, 2.75) is 11.8 Å². The fourth-order valence-corrected chi connectivity index (χ4v) is 3.98. The molecule has 0 radical (unpaired) electrons. The zero-order valence-electron chi connectivity index (χ0n) is 11.3. The van der Waals surface area contributed by atoms with Crippen LogP contribution >= 0.6 is 11.6 Å². The Balaban J connectivity index is 2.44. The molecule has 1 amide bonds. The molecule has 6 nitrogen and oxygen atoms in total. The summed E-state index contributed by atoms with van der Waals surface area (Å²) in [6.45, 7) is 2.09. The molecule has 1 heterocycles. The van der Waals surface area contributed by atoms with Gasteiger partial charge >= 0.3 is 0 Å². The van der Waals surface area contributed by atoms with E-state index in [1.165, 1.54) is 17.0 Å². The molecule has 1 aromatic rings. The van der Waals surface area contributed by atoms with Crippen LogP contribution in [-0.2, 0) is 14.8 Å². The largest absolute Gasteiger partial charge is 0.398 e. The smallest absolute Gasteiger partial charge is 0.243 e. The minimum Gasteiger partial charge on any atom is -0.398 e. The Labute approximate surface area is 123 Å². The summed E-state index contributed by atoms with van der Waals surface area (Å²) in [5.41, 5.74) is 6.52. The lowest BCUT2D eigenvalue weighted by Crippen LogP contribution is -2.50. The molecule has 0 unspecified atom stereocenters. The molecule has 2 rings (SSSR count). The second-order valence-electron chi connectivity index (χ2n) is 4.77. The Morgan fingerprint density at radius 1 is 1.30 bits per heavy atom. The van der Waals surface area contributed by atoms with E-state index in [2.05, 4.69) is 0 Å². The summed E-state index contributed by atoms with van der Waals surface area (Å²) < 4.78 is 26.4. The van der Waals surface area contributed by atoms with Crippen LogP contribution in [0, 0.1) is 6.92 Å². The molecule has 1 fully saturated rings. The summed E-state index contributed by atoms with van der Waals surface area (Å²) in [5, 5.41) is 0.257. The SMILES string of the molecule is Cc1c(N)cc(Cl)cc1S(=O)(=O)N1CCN(C)C(=O)C1. The van der Waals surface area contributed by atoms with Crippen LogP contribution in [0.3, 0.4) is 0 Å². The van der Waals surface area contributed by atoms with Gasteiger partial charge in [0.15, 0.2) is 0 Å². The summed E-state index contributed by atoms with van der Waals surface area (Å²) in [7, 11) is -2.12. The molecule has 2 N–H and O–H groups in total. The Morgan fingerprint density at radius 2 is 1.95 bits per heavy atom. The van der Waals surface area contributed by atoms with Gasteiger partial charge in [0, 0.05) is 30.8 Å². The third kappa shape index (κ3) is 2.61. The molecule has 0 aliphatic carbocycles. The highest BCUT2D eigenvalue weighted by Gasteiger charge is 2.32. The molecule has 110 valence electrons. The number of likely N-dealkylation sites (N-methyl/N-ethyl adjacent to an activating group) is 1. The second-order valence-corrected chi connectivity index (χ2v) is 7.11. The second kappa shape index (κ2) is 5.23. The minimum absolute atomic E-state index is 0.0554. The lowest BCUT2D eigenvalue weighted by molar-refractivity contribution is -0.132. The van der Waals surface area contributed by atoms with E-state index in [0.717, 1.165) is 4.31 Å². The highest BCUT2D eigenvalue weighted by molar-refractivity contribution is 7.89. The maximum atomic E-state index is 12.6. The molecular formula is C12H16ClN3O3S. The fraction of sp³-hybridized carbons (Fsp3) is 0.417. The van der Waals surface area contributed by atoms with Crippen LogP contribution in [0.25, 0.3) is 0 Å². The van der Waals surface area contributed by atoms with Crippen molar-refractivity contribution in [1.82, 2.24) is 9.21 Å². The number of amides is 1. The number of carbonyl (C=O) groups excluding carboxylic acids is 1. The number of benzene rings is 1. The van der Waals surface area contributed by atoms with Gasteiger partial charge in [-0.05, 0) is 24.6 Å². The number of anilines is 1. The number of carbonyl (C=O) groups is 1. The number of nitrogens with two attached hydrogens (primary N) is 1. The highest BCUT2D eigenvalue weighted by atomic mass is 35.5. The monoisotopic (exact) mass is 317 g/mol. The van der Waals surface area contributed by atoms with Crippen molar-refractivity contribution in [3.8, 4) is 0 Å². The van der Waals surface area contributed by atoms with Crippen molar-refractivity contribution in [3.63, 3.8) is 0 Å². The van der Waals surface area contributed by atoms with Crippen molar-refractivity contribution in [2.75, 3.05) is 32.4 Å². The number of nitrogen functional groups attached to an aromatic ring is 1. The van der Waals surface area contributed by atoms with Crippen LogP contribution < -0.4 is 5.73 Å². The number of halogens is 1. The van der Waals surface area contributed by atoms with Crippen molar-refractivity contribution < 1.29 is 13.2 Å². The van der Waals surface area contributed by atoms with Crippen molar-refractivity contribution >= 4 is 33.2 Å². The van der Waals surface area contributed by atoms with Crippen LogP contribution in [0.15, 0.2) is 17.0 Å². The first kappa shape index (κ1) is 15.1. The number of hydrogen-bond acceptors (Lipinski definition) is 4. The van der Waals surface area contributed by atoms with Gasteiger partial charge in [-0.3, -0.25) is 4.79 Å². The number of hydrogen-bond donors (Lipinski definition) is 1. The van der Waals surface area contributed by atoms with Gasteiger partial charge in [0.05, 0.1) is 11.4 Å². The van der Waals surface area contributed by atoms with Crippen LogP contribution in [0.2, 0.25) is 5.02 Å². The lowest BCUT2D eigenvalue weighted by Gasteiger charge is -2.31. The summed E-state index contributed by atoms with van der Waals surface area (Å²) >= 11 is 5.88. The van der Waals surface area contributed by atoms with Crippen LogP contribution in [0.5, 0.6) is 0 Å². The summed E-state index contributed by atoms with van der Waals surface area (Å²) in [4.78, 5) is 13.2.